The van der Waals surface area contributed by atoms with Crippen LogP contribution in [0.15, 0.2) is 0 Å². The van der Waals surface area contributed by atoms with Crippen molar-refractivity contribution in [2.45, 2.75) is 152 Å². The maximum atomic E-state index is 13.0. The highest BCUT2D eigenvalue weighted by Crippen LogP contribution is 2.52. The molecule has 0 radical (unpaired) electrons. The Hall–Kier alpha value is -3.49. The monoisotopic (exact) mass is 973 g/mol. The molecule has 0 bridgehead atoms. The van der Waals surface area contributed by atoms with Crippen LogP contribution in [0.2, 0.25) is 25.7 Å². The van der Waals surface area contributed by atoms with Crippen molar-refractivity contribution in [2.75, 3.05) is 46.7 Å². The van der Waals surface area contributed by atoms with Crippen LogP contribution < -0.4 is 14.2 Å². The average Bonchev–Trinajstić information content (AvgIpc) is 3.76. The maximum Gasteiger partial charge on any atom is 0.356 e. The summed E-state index contributed by atoms with van der Waals surface area (Å²) in [7, 11) is -5.05. The van der Waals surface area contributed by atoms with E-state index in [1.165, 1.54) is 14.0 Å². The van der Waals surface area contributed by atoms with Crippen LogP contribution in [0, 0.1) is 25.2 Å². The van der Waals surface area contributed by atoms with Gasteiger partial charge in [0.15, 0.2) is 0 Å². The van der Waals surface area contributed by atoms with E-state index < -0.39 is 29.2 Å². The summed E-state index contributed by atoms with van der Waals surface area (Å²) in [6.45, 7) is 27.5. The molecule has 368 valence electrons. The molecule has 4 rings (SSSR count). The number of hydrogen-bond donors (Lipinski definition) is 1. The molecule has 2 aliphatic rings. The molecule has 2 aromatic carbocycles. The number of esters is 2. The molecular formula is C45H73NO16P2Si. The number of carbonyl (C=O) groups is 2. The predicted octanol–water partition coefficient (Wildman–Crippen LogP) is 10.4. The van der Waals surface area contributed by atoms with Gasteiger partial charge in [-0.05, 0) is 86.4 Å². The highest BCUT2D eigenvalue weighted by Gasteiger charge is 2.35. The standard InChI is InChI=1S/C24H41O8PSi.C19H29O8P.C2H3N/c1-16(2)31-33(26,32-17(3)4)15-28-11-10-19-22(27-6)18(5)20-14-30-24(25)21(20)23(19)29-12-13-34(7,8)9;1-11(2)26-28(22,27-12(3)4)10-24-8-7-14-17(20)16-15(9-25-19(16)21)13(5)18(14)23-6;1-2-3/h16-17H,10-15H2,1-9H3;11-12,20H,7-10H2,1-6H3;1H3. The number of hydrogen-bond acceptors (Lipinski definition) is 17. The molecule has 1 N–H and O–H groups in total. The minimum absolute atomic E-state index is 0.114. The zero-order chi connectivity index (χ0) is 49.4. The van der Waals surface area contributed by atoms with E-state index in [0.717, 1.165) is 28.3 Å². The second kappa shape index (κ2) is 26.2. The van der Waals surface area contributed by atoms with Gasteiger partial charge in [0, 0.05) is 50.1 Å². The summed E-state index contributed by atoms with van der Waals surface area (Å²) in [6.07, 6.45) is -0.793. The number of aromatic hydroxyl groups is 1. The maximum absolute atomic E-state index is 13.0. The largest absolute Gasteiger partial charge is 0.507 e. The van der Waals surface area contributed by atoms with Gasteiger partial charge in [0.05, 0.1) is 64.5 Å². The van der Waals surface area contributed by atoms with Crippen molar-refractivity contribution in [2.24, 2.45) is 0 Å². The molecule has 2 heterocycles. The fourth-order valence-electron chi connectivity index (χ4n) is 6.90. The van der Waals surface area contributed by atoms with E-state index in [9.17, 15) is 23.8 Å². The lowest BCUT2D eigenvalue weighted by molar-refractivity contribution is 0.0523. The Morgan fingerprint density at radius 1 is 0.662 bits per heavy atom. The van der Waals surface area contributed by atoms with Gasteiger partial charge in [-0.15, -0.1) is 0 Å². The number of nitrogens with zero attached hydrogens (tertiary/aromatic N) is 1. The van der Waals surface area contributed by atoms with Gasteiger partial charge in [-0.3, -0.25) is 9.13 Å². The molecule has 0 saturated carbocycles. The van der Waals surface area contributed by atoms with Gasteiger partial charge in [0.2, 0.25) is 0 Å². The number of methoxy groups -OCH3 is 2. The van der Waals surface area contributed by atoms with Gasteiger partial charge < -0.3 is 56.4 Å². The number of phenolic OH excluding ortho intramolecular Hbond substituents is 1. The zero-order valence-electron chi connectivity index (χ0n) is 41.3. The molecule has 0 aromatic heterocycles. The fraction of sp³-hybridized carbons (Fsp3) is 0.667. The molecule has 0 unspecified atom stereocenters. The summed E-state index contributed by atoms with van der Waals surface area (Å²) in [6, 6.07) is 2.70. The Morgan fingerprint density at radius 2 is 1.03 bits per heavy atom. The Kier molecular flexibility index (Phi) is 23.2. The van der Waals surface area contributed by atoms with Crippen molar-refractivity contribution in [3.8, 4) is 29.1 Å². The number of phenols is 1. The van der Waals surface area contributed by atoms with Crippen LogP contribution in [0.4, 0.5) is 0 Å². The average molecular weight is 974 g/mol. The molecule has 0 amide bonds. The molecule has 17 nitrogen and oxygen atoms in total. The topological polar surface area (TPSA) is 214 Å². The summed E-state index contributed by atoms with van der Waals surface area (Å²) in [5, 5.41) is 17.9. The number of nitriles is 1. The van der Waals surface area contributed by atoms with Crippen molar-refractivity contribution < 1.29 is 75.1 Å². The molecule has 0 aliphatic carbocycles. The first-order chi connectivity index (χ1) is 30.3. The Balaban J connectivity index is 0.000000428. The highest BCUT2D eigenvalue weighted by atomic mass is 31.2. The van der Waals surface area contributed by atoms with Gasteiger partial charge in [-0.25, -0.2) is 9.59 Å². The van der Waals surface area contributed by atoms with E-state index in [-0.39, 0.29) is 87.2 Å². The van der Waals surface area contributed by atoms with Crippen LogP contribution in [0.3, 0.4) is 0 Å². The summed E-state index contributed by atoms with van der Waals surface area (Å²) >= 11 is 0. The second-order valence-corrected chi connectivity index (χ2v) is 27.0. The van der Waals surface area contributed by atoms with E-state index in [4.69, 9.17) is 56.5 Å². The fourth-order valence-corrected chi connectivity index (χ4v) is 11.2. The van der Waals surface area contributed by atoms with E-state index in [0.29, 0.717) is 47.0 Å². The Morgan fingerprint density at radius 3 is 1.42 bits per heavy atom. The third-order valence-electron chi connectivity index (χ3n) is 9.35. The van der Waals surface area contributed by atoms with Crippen LogP contribution >= 0.6 is 15.2 Å². The van der Waals surface area contributed by atoms with Gasteiger partial charge in [0.1, 0.15) is 60.0 Å². The van der Waals surface area contributed by atoms with Crippen LogP contribution in [-0.2, 0) is 72.2 Å². The molecular weight excluding hydrogens is 901 g/mol. The smallest absolute Gasteiger partial charge is 0.356 e. The second-order valence-electron chi connectivity index (χ2n) is 17.6. The zero-order valence-corrected chi connectivity index (χ0v) is 44.1. The number of benzene rings is 2. The molecule has 0 saturated heterocycles. The predicted molar refractivity (Wildman–Crippen MR) is 249 cm³/mol. The SMILES string of the molecule is CC#N.COc1c(C)c2c(c(O)c1CCOCP(=O)(OC(C)C)OC(C)C)C(=O)OC2.COc1c(C)c2c(c(OCC[Si](C)(C)C)c1CCOCP(=O)(OC(C)C)OC(C)C)C(=O)OC2. The van der Waals surface area contributed by atoms with Crippen molar-refractivity contribution in [3.05, 3.63) is 44.5 Å². The molecule has 2 aromatic rings. The first-order valence-electron chi connectivity index (χ1n) is 21.8. The third kappa shape index (κ3) is 17.3. The first-order valence-corrected chi connectivity index (χ1v) is 28.9. The number of ether oxygens (including phenoxy) is 7. The minimum Gasteiger partial charge on any atom is -0.507 e. The Bertz CT molecular complexity index is 2030. The number of carbonyl (C=O) groups excluding carboxylic acids is 2. The Labute approximate surface area is 387 Å². The number of fused-ring (bicyclic) bond motifs is 2. The highest BCUT2D eigenvalue weighted by molar-refractivity contribution is 7.53. The molecule has 65 heavy (non-hydrogen) atoms. The molecule has 0 spiro atoms. The van der Waals surface area contributed by atoms with Gasteiger partial charge in [0.25, 0.3) is 0 Å². The summed E-state index contributed by atoms with van der Waals surface area (Å²) < 4.78 is 86.9. The van der Waals surface area contributed by atoms with E-state index in [1.54, 1.807) is 68.6 Å². The van der Waals surface area contributed by atoms with E-state index >= 15 is 0 Å². The van der Waals surface area contributed by atoms with Gasteiger partial charge in [-0.2, -0.15) is 5.26 Å². The van der Waals surface area contributed by atoms with Crippen molar-refractivity contribution in [1.82, 2.24) is 0 Å². The van der Waals surface area contributed by atoms with Gasteiger partial charge in [-0.1, -0.05) is 19.6 Å². The summed E-state index contributed by atoms with van der Waals surface area (Å²) in [5.74, 6) is 0.541. The molecule has 2 aliphatic heterocycles. The lowest BCUT2D eigenvalue weighted by atomic mass is 9.95. The van der Waals surface area contributed by atoms with Crippen molar-refractivity contribution in [1.29, 1.82) is 5.26 Å². The van der Waals surface area contributed by atoms with Crippen molar-refractivity contribution >= 4 is 35.2 Å². The first kappa shape index (κ1) is 57.6. The number of cyclic esters (lactones) is 2. The third-order valence-corrected chi connectivity index (χ3v) is 15.0. The summed E-state index contributed by atoms with van der Waals surface area (Å²) in [5.41, 5.74) is 4.87. The molecule has 0 atom stereocenters. The lowest BCUT2D eigenvalue weighted by Crippen LogP contribution is -2.23. The lowest BCUT2D eigenvalue weighted by Gasteiger charge is -2.23. The summed E-state index contributed by atoms with van der Waals surface area (Å²) in [4.78, 5) is 24.5. The van der Waals surface area contributed by atoms with Crippen LogP contribution in [0.25, 0.3) is 0 Å². The van der Waals surface area contributed by atoms with Crippen LogP contribution in [0.1, 0.15) is 116 Å². The van der Waals surface area contributed by atoms with Gasteiger partial charge >= 0.3 is 27.1 Å². The van der Waals surface area contributed by atoms with Crippen LogP contribution in [0.5, 0.6) is 23.0 Å². The van der Waals surface area contributed by atoms with E-state index in [1.807, 2.05) is 13.8 Å². The minimum atomic E-state index is -3.41. The molecule has 0 fully saturated rings. The normalized spacial score (nSPS) is 13.5. The van der Waals surface area contributed by atoms with Crippen molar-refractivity contribution in [3.63, 3.8) is 0 Å². The number of rotatable bonds is 24. The molecule has 20 heteroatoms. The van der Waals surface area contributed by atoms with E-state index in [2.05, 4.69) is 19.6 Å². The quantitative estimate of drug-likeness (QED) is 0.0448. The van der Waals surface area contributed by atoms with Crippen LogP contribution in [-0.4, -0.2) is 96.3 Å².